The standard InChI is InChI=1S/C11H20N4/c1-5-15-9-11(8-13-15)7-12-6-10(2)14(3)4/h5,8-10,12H,1,6-7H2,2-4H3. The van der Waals surface area contributed by atoms with Crippen LogP contribution in [0.3, 0.4) is 0 Å². The molecule has 1 rings (SSSR count). The van der Waals surface area contributed by atoms with Crippen molar-refractivity contribution in [2.24, 2.45) is 0 Å². The van der Waals surface area contributed by atoms with E-state index in [0.717, 1.165) is 13.1 Å². The molecule has 1 atom stereocenters. The van der Waals surface area contributed by atoms with Gasteiger partial charge in [0, 0.05) is 37.1 Å². The molecule has 0 aliphatic carbocycles. The van der Waals surface area contributed by atoms with Gasteiger partial charge in [-0.25, -0.2) is 4.68 Å². The van der Waals surface area contributed by atoms with Crippen LogP contribution in [-0.4, -0.2) is 41.4 Å². The number of nitrogens with zero attached hydrogens (tertiary/aromatic N) is 3. The maximum Gasteiger partial charge on any atom is 0.0538 e. The molecule has 0 aliphatic rings. The van der Waals surface area contributed by atoms with Crippen molar-refractivity contribution in [3.63, 3.8) is 0 Å². The topological polar surface area (TPSA) is 33.1 Å². The van der Waals surface area contributed by atoms with Gasteiger partial charge in [-0.2, -0.15) is 5.10 Å². The third-order valence-electron chi connectivity index (χ3n) is 2.49. The zero-order chi connectivity index (χ0) is 11.3. The van der Waals surface area contributed by atoms with Crippen LogP contribution >= 0.6 is 0 Å². The van der Waals surface area contributed by atoms with Gasteiger partial charge in [-0.1, -0.05) is 6.58 Å². The number of rotatable bonds is 6. The van der Waals surface area contributed by atoms with Crippen LogP contribution in [0.15, 0.2) is 19.0 Å². The Bertz CT molecular complexity index is 303. The molecule has 0 saturated heterocycles. The normalized spacial score (nSPS) is 13.1. The summed E-state index contributed by atoms with van der Waals surface area (Å²) in [4.78, 5) is 2.19. The monoisotopic (exact) mass is 208 g/mol. The van der Waals surface area contributed by atoms with Crippen molar-refractivity contribution in [2.45, 2.75) is 19.5 Å². The lowest BCUT2D eigenvalue weighted by Gasteiger charge is -2.19. The zero-order valence-corrected chi connectivity index (χ0v) is 9.77. The smallest absolute Gasteiger partial charge is 0.0538 e. The predicted octanol–water partition coefficient (Wildman–Crippen LogP) is 1.02. The molecule has 0 bridgehead atoms. The minimum absolute atomic E-state index is 0.541. The first-order chi connectivity index (χ1) is 7.13. The maximum absolute atomic E-state index is 4.12. The minimum atomic E-state index is 0.541. The summed E-state index contributed by atoms with van der Waals surface area (Å²) in [6, 6.07) is 0.541. The molecule has 15 heavy (non-hydrogen) atoms. The predicted molar refractivity (Wildman–Crippen MR) is 63.5 cm³/mol. The van der Waals surface area contributed by atoms with Gasteiger partial charge in [0.05, 0.1) is 6.20 Å². The lowest BCUT2D eigenvalue weighted by atomic mass is 10.3. The molecule has 1 heterocycles. The Balaban J connectivity index is 2.28. The molecule has 1 aromatic heterocycles. The second kappa shape index (κ2) is 5.68. The second-order valence-electron chi connectivity index (χ2n) is 3.95. The van der Waals surface area contributed by atoms with Crippen LogP contribution in [0.1, 0.15) is 12.5 Å². The highest BCUT2D eigenvalue weighted by atomic mass is 15.2. The second-order valence-corrected chi connectivity index (χ2v) is 3.95. The van der Waals surface area contributed by atoms with Gasteiger partial charge in [-0.15, -0.1) is 0 Å². The van der Waals surface area contributed by atoms with Crippen molar-refractivity contribution < 1.29 is 0 Å². The Labute approximate surface area is 91.6 Å². The highest BCUT2D eigenvalue weighted by Crippen LogP contribution is 1.97. The van der Waals surface area contributed by atoms with Crippen LogP contribution in [0.25, 0.3) is 6.20 Å². The van der Waals surface area contributed by atoms with E-state index in [9.17, 15) is 0 Å². The molecule has 0 aromatic carbocycles. The van der Waals surface area contributed by atoms with Crippen molar-refractivity contribution in [3.05, 3.63) is 24.5 Å². The Morgan fingerprint density at radius 3 is 2.93 bits per heavy atom. The van der Waals surface area contributed by atoms with Crippen LogP contribution in [0, 0.1) is 0 Å². The van der Waals surface area contributed by atoms with E-state index in [1.165, 1.54) is 5.56 Å². The maximum atomic E-state index is 4.12. The summed E-state index contributed by atoms with van der Waals surface area (Å²) in [5, 5.41) is 7.51. The number of aromatic nitrogens is 2. The Hall–Kier alpha value is -1.13. The van der Waals surface area contributed by atoms with E-state index in [4.69, 9.17) is 0 Å². The molecule has 1 aromatic rings. The molecule has 0 aliphatic heterocycles. The van der Waals surface area contributed by atoms with Gasteiger partial charge in [0.1, 0.15) is 0 Å². The lowest BCUT2D eigenvalue weighted by Crippen LogP contribution is -2.35. The molecular weight excluding hydrogens is 188 g/mol. The Kier molecular flexibility index (Phi) is 4.52. The van der Waals surface area contributed by atoms with Crippen molar-refractivity contribution in [1.82, 2.24) is 20.0 Å². The van der Waals surface area contributed by atoms with E-state index in [0.29, 0.717) is 6.04 Å². The van der Waals surface area contributed by atoms with Crippen LogP contribution in [0.4, 0.5) is 0 Å². The van der Waals surface area contributed by atoms with E-state index >= 15 is 0 Å². The van der Waals surface area contributed by atoms with Crippen LogP contribution in [0.2, 0.25) is 0 Å². The number of likely N-dealkylation sites (N-methyl/N-ethyl adjacent to an activating group) is 1. The highest BCUT2D eigenvalue weighted by Gasteiger charge is 2.03. The molecule has 1 N–H and O–H groups in total. The van der Waals surface area contributed by atoms with Crippen LogP contribution in [-0.2, 0) is 6.54 Å². The number of hydrogen-bond donors (Lipinski definition) is 1. The van der Waals surface area contributed by atoms with Crippen LogP contribution in [0.5, 0.6) is 0 Å². The van der Waals surface area contributed by atoms with Gasteiger partial charge in [0.15, 0.2) is 0 Å². The number of hydrogen-bond acceptors (Lipinski definition) is 3. The minimum Gasteiger partial charge on any atom is -0.311 e. The van der Waals surface area contributed by atoms with E-state index in [2.05, 4.69) is 42.9 Å². The molecule has 1 unspecified atom stereocenters. The largest absolute Gasteiger partial charge is 0.311 e. The molecular formula is C11H20N4. The molecule has 4 nitrogen and oxygen atoms in total. The van der Waals surface area contributed by atoms with Crippen LogP contribution < -0.4 is 5.32 Å². The molecule has 4 heteroatoms. The first kappa shape index (κ1) is 11.9. The fourth-order valence-electron chi connectivity index (χ4n) is 1.18. The van der Waals surface area contributed by atoms with Gasteiger partial charge in [0.25, 0.3) is 0 Å². The summed E-state index contributed by atoms with van der Waals surface area (Å²) < 4.78 is 1.71. The van der Waals surface area contributed by atoms with Gasteiger partial charge >= 0.3 is 0 Å². The molecule has 84 valence electrons. The summed E-state index contributed by atoms with van der Waals surface area (Å²) in [5.74, 6) is 0. The van der Waals surface area contributed by atoms with E-state index in [1.807, 2.05) is 12.4 Å². The van der Waals surface area contributed by atoms with E-state index in [-0.39, 0.29) is 0 Å². The van der Waals surface area contributed by atoms with Gasteiger partial charge in [-0.3, -0.25) is 0 Å². The average Bonchev–Trinajstić information content (AvgIpc) is 2.65. The quantitative estimate of drug-likeness (QED) is 0.758. The van der Waals surface area contributed by atoms with Crippen molar-refractivity contribution >= 4 is 6.20 Å². The fraction of sp³-hybridized carbons (Fsp3) is 0.545. The first-order valence-corrected chi connectivity index (χ1v) is 5.16. The molecule has 0 saturated carbocycles. The van der Waals surface area contributed by atoms with Crippen molar-refractivity contribution in [1.29, 1.82) is 0 Å². The lowest BCUT2D eigenvalue weighted by molar-refractivity contribution is 0.302. The summed E-state index contributed by atoms with van der Waals surface area (Å²) in [6.45, 7) is 7.68. The third kappa shape index (κ3) is 3.85. The van der Waals surface area contributed by atoms with Crippen molar-refractivity contribution in [3.8, 4) is 0 Å². The van der Waals surface area contributed by atoms with E-state index < -0.39 is 0 Å². The van der Waals surface area contributed by atoms with Gasteiger partial charge in [0.2, 0.25) is 0 Å². The molecule has 0 spiro atoms. The van der Waals surface area contributed by atoms with Crippen molar-refractivity contribution in [2.75, 3.05) is 20.6 Å². The zero-order valence-electron chi connectivity index (χ0n) is 9.77. The highest BCUT2D eigenvalue weighted by molar-refractivity contribution is 5.17. The molecule has 0 radical (unpaired) electrons. The van der Waals surface area contributed by atoms with Gasteiger partial charge < -0.3 is 10.2 Å². The summed E-state index contributed by atoms with van der Waals surface area (Å²) in [5.41, 5.74) is 1.18. The summed E-state index contributed by atoms with van der Waals surface area (Å²) >= 11 is 0. The van der Waals surface area contributed by atoms with E-state index in [1.54, 1.807) is 10.9 Å². The van der Waals surface area contributed by atoms with Gasteiger partial charge in [-0.05, 0) is 21.0 Å². The Morgan fingerprint density at radius 1 is 1.67 bits per heavy atom. The average molecular weight is 208 g/mol. The third-order valence-corrected chi connectivity index (χ3v) is 2.49. The molecule has 0 amide bonds. The number of nitrogens with one attached hydrogen (secondary N) is 1. The summed E-state index contributed by atoms with van der Waals surface area (Å²) in [6.07, 6.45) is 5.52. The first-order valence-electron chi connectivity index (χ1n) is 5.16. The fourth-order valence-corrected chi connectivity index (χ4v) is 1.18. The SMILES string of the molecule is C=Cn1cc(CNCC(C)N(C)C)cn1. The molecule has 0 fully saturated rings. The Morgan fingerprint density at radius 2 is 2.40 bits per heavy atom. The summed E-state index contributed by atoms with van der Waals surface area (Å²) in [7, 11) is 4.17.